The number of aryl methyl sites for hydroxylation is 2. The maximum absolute atomic E-state index is 9.90. The first-order chi connectivity index (χ1) is 8.79. The smallest absolute Gasteiger partial charge is 0.125 e. The zero-order valence-corrected chi connectivity index (χ0v) is 12.8. The van der Waals surface area contributed by atoms with Crippen LogP contribution < -0.4 is 10.1 Å². The molecule has 0 radical (unpaired) electrons. The molecule has 1 aromatic carbocycles. The van der Waals surface area contributed by atoms with E-state index in [2.05, 4.69) is 26.1 Å². The van der Waals surface area contributed by atoms with E-state index in [0.717, 1.165) is 23.4 Å². The summed E-state index contributed by atoms with van der Waals surface area (Å²) in [5, 5.41) is 13.2. The fourth-order valence-corrected chi connectivity index (χ4v) is 1.88. The van der Waals surface area contributed by atoms with Gasteiger partial charge in [0.25, 0.3) is 0 Å². The molecule has 0 spiro atoms. The summed E-state index contributed by atoms with van der Waals surface area (Å²) in [6.45, 7) is 12.3. The summed E-state index contributed by atoms with van der Waals surface area (Å²) in [6, 6.07) is 6.05. The second kappa shape index (κ2) is 6.92. The zero-order valence-electron chi connectivity index (χ0n) is 12.8. The van der Waals surface area contributed by atoms with E-state index < -0.39 is 6.10 Å². The van der Waals surface area contributed by atoms with Crippen LogP contribution in [-0.2, 0) is 0 Å². The number of hydrogen-bond donors (Lipinski definition) is 2. The lowest BCUT2D eigenvalue weighted by atomic mass is 9.97. The highest BCUT2D eigenvalue weighted by Crippen LogP contribution is 2.22. The van der Waals surface area contributed by atoms with Gasteiger partial charge in [0.2, 0.25) is 0 Å². The van der Waals surface area contributed by atoms with E-state index in [9.17, 15) is 5.11 Å². The fourth-order valence-electron chi connectivity index (χ4n) is 1.88. The maximum Gasteiger partial charge on any atom is 0.125 e. The summed E-state index contributed by atoms with van der Waals surface area (Å²) >= 11 is 0. The van der Waals surface area contributed by atoms with Crippen LogP contribution in [0.2, 0.25) is 0 Å². The highest BCUT2D eigenvalue weighted by Gasteiger charge is 2.12. The van der Waals surface area contributed by atoms with Gasteiger partial charge in [-0.1, -0.05) is 39.0 Å². The van der Waals surface area contributed by atoms with Crippen LogP contribution in [-0.4, -0.2) is 30.9 Å². The number of aliphatic hydroxyl groups excluding tert-OH is 1. The Morgan fingerprint density at radius 2 is 1.79 bits per heavy atom. The summed E-state index contributed by atoms with van der Waals surface area (Å²) in [5.41, 5.74) is 2.44. The topological polar surface area (TPSA) is 41.5 Å². The molecule has 0 saturated carbocycles. The largest absolute Gasteiger partial charge is 0.490 e. The normalized spacial score (nSPS) is 13.4. The first kappa shape index (κ1) is 16.0. The van der Waals surface area contributed by atoms with Crippen molar-refractivity contribution in [2.24, 2.45) is 5.41 Å². The number of rotatable bonds is 6. The van der Waals surface area contributed by atoms with Crippen molar-refractivity contribution in [3.8, 4) is 5.75 Å². The van der Waals surface area contributed by atoms with E-state index in [-0.39, 0.29) is 5.41 Å². The van der Waals surface area contributed by atoms with E-state index >= 15 is 0 Å². The summed E-state index contributed by atoms with van der Waals surface area (Å²) < 4.78 is 5.72. The van der Waals surface area contributed by atoms with Gasteiger partial charge in [0.15, 0.2) is 0 Å². The van der Waals surface area contributed by atoms with Gasteiger partial charge in [-0.2, -0.15) is 0 Å². The van der Waals surface area contributed by atoms with Gasteiger partial charge in [0, 0.05) is 13.1 Å². The molecule has 108 valence electrons. The first-order valence-electron chi connectivity index (χ1n) is 6.87. The second-order valence-electron chi connectivity index (χ2n) is 6.38. The van der Waals surface area contributed by atoms with Crippen LogP contribution in [0.5, 0.6) is 5.75 Å². The number of ether oxygens (including phenoxy) is 1. The molecule has 0 amide bonds. The number of hydrogen-bond acceptors (Lipinski definition) is 3. The molecule has 2 N–H and O–H groups in total. The van der Waals surface area contributed by atoms with Crippen molar-refractivity contribution in [1.82, 2.24) is 5.32 Å². The average Bonchev–Trinajstić information content (AvgIpc) is 2.26. The van der Waals surface area contributed by atoms with Crippen LogP contribution in [0, 0.1) is 19.3 Å². The Labute approximate surface area is 117 Å². The Hall–Kier alpha value is -1.06. The van der Waals surface area contributed by atoms with Crippen LogP contribution >= 0.6 is 0 Å². The van der Waals surface area contributed by atoms with Crippen molar-refractivity contribution in [1.29, 1.82) is 0 Å². The molecule has 1 aromatic rings. The Morgan fingerprint density at radius 3 is 2.32 bits per heavy atom. The highest BCUT2D eigenvalue weighted by atomic mass is 16.5. The van der Waals surface area contributed by atoms with E-state index in [1.807, 2.05) is 32.0 Å². The molecule has 19 heavy (non-hydrogen) atoms. The SMILES string of the molecule is Cc1cccc(C)c1OCC(O)CNCC(C)(C)C. The molecule has 0 aliphatic carbocycles. The number of para-hydroxylation sites is 1. The monoisotopic (exact) mass is 265 g/mol. The third-order valence-corrected chi connectivity index (χ3v) is 2.86. The van der Waals surface area contributed by atoms with Gasteiger partial charge in [-0.15, -0.1) is 0 Å². The number of nitrogens with one attached hydrogen (secondary N) is 1. The van der Waals surface area contributed by atoms with Gasteiger partial charge in [-0.05, 0) is 30.4 Å². The van der Waals surface area contributed by atoms with E-state index in [0.29, 0.717) is 13.2 Å². The van der Waals surface area contributed by atoms with E-state index in [4.69, 9.17) is 4.74 Å². The molecule has 1 unspecified atom stereocenters. The van der Waals surface area contributed by atoms with Crippen molar-refractivity contribution in [2.75, 3.05) is 19.7 Å². The van der Waals surface area contributed by atoms with Gasteiger partial charge in [0.05, 0.1) is 0 Å². The van der Waals surface area contributed by atoms with Crippen molar-refractivity contribution in [3.05, 3.63) is 29.3 Å². The minimum Gasteiger partial charge on any atom is -0.490 e. The Kier molecular flexibility index (Phi) is 5.83. The Bertz CT molecular complexity index is 376. The van der Waals surface area contributed by atoms with Crippen LogP contribution in [0.1, 0.15) is 31.9 Å². The molecule has 1 atom stereocenters. The Balaban J connectivity index is 2.36. The summed E-state index contributed by atoms with van der Waals surface area (Å²) in [6.07, 6.45) is -0.485. The molecule has 1 rings (SSSR count). The highest BCUT2D eigenvalue weighted by molar-refractivity contribution is 5.39. The molecule has 0 bridgehead atoms. The van der Waals surface area contributed by atoms with Gasteiger partial charge in [-0.25, -0.2) is 0 Å². The molecule has 0 aliphatic heterocycles. The van der Waals surface area contributed by atoms with Gasteiger partial charge >= 0.3 is 0 Å². The lowest BCUT2D eigenvalue weighted by Gasteiger charge is -2.21. The zero-order chi connectivity index (χ0) is 14.5. The fraction of sp³-hybridized carbons (Fsp3) is 0.625. The molecule has 0 saturated heterocycles. The minimum atomic E-state index is -0.485. The predicted molar refractivity (Wildman–Crippen MR) is 79.7 cm³/mol. The molecule has 3 nitrogen and oxygen atoms in total. The predicted octanol–water partition coefficient (Wildman–Crippen LogP) is 2.68. The van der Waals surface area contributed by atoms with Crippen LogP contribution in [0.25, 0.3) is 0 Å². The van der Waals surface area contributed by atoms with Crippen molar-refractivity contribution in [3.63, 3.8) is 0 Å². The molecule has 0 heterocycles. The molecular formula is C16H27NO2. The summed E-state index contributed by atoms with van der Waals surface area (Å²) in [5.74, 6) is 0.886. The summed E-state index contributed by atoms with van der Waals surface area (Å²) in [7, 11) is 0. The molecule has 0 aliphatic rings. The molecular weight excluding hydrogens is 238 g/mol. The number of benzene rings is 1. The Morgan fingerprint density at radius 1 is 1.21 bits per heavy atom. The standard InChI is InChI=1S/C16H27NO2/c1-12-7-6-8-13(2)15(12)19-10-14(18)9-17-11-16(3,4)5/h6-8,14,17-18H,9-11H2,1-5H3. The molecule has 0 fully saturated rings. The second-order valence-corrected chi connectivity index (χ2v) is 6.38. The first-order valence-corrected chi connectivity index (χ1v) is 6.87. The lowest BCUT2D eigenvalue weighted by molar-refractivity contribution is 0.103. The maximum atomic E-state index is 9.90. The molecule has 0 aromatic heterocycles. The van der Waals surface area contributed by atoms with Gasteiger partial charge in [-0.3, -0.25) is 0 Å². The van der Waals surface area contributed by atoms with Crippen molar-refractivity contribution < 1.29 is 9.84 Å². The van der Waals surface area contributed by atoms with Crippen LogP contribution in [0.15, 0.2) is 18.2 Å². The average molecular weight is 265 g/mol. The minimum absolute atomic E-state index is 0.229. The van der Waals surface area contributed by atoms with Crippen molar-refractivity contribution in [2.45, 2.75) is 40.7 Å². The lowest BCUT2D eigenvalue weighted by Crippen LogP contribution is -2.36. The van der Waals surface area contributed by atoms with E-state index in [1.54, 1.807) is 0 Å². The van der Waals surface area contributed by atoms with E-state index in [1.165, 1.54) is 0 Å². The van der Waals surface area contributed by atoms with Gasteiger partial charge in [0.1, 0.15) is 18.5 Å². The quantitative estimate of drug-likeness (QED) is 0.831. The number of aliphatic hydroxyl groups is 1. The molecule has 3 heteroatoms. The van der Waals surface area contributed by atoms with Crippen molar-refractivity contribution >= 4 is 0 Å². The summed E-state index contributed by atoms with van der Waals surface area (Å²) in [4.78, 5) is 0. The van der Waals surface area contributed by atoms with Crippen LogP contribution in [0.4, 0.5) is 0 Å². The third kappa shape index (κ3) is 6.08. The van der Waals surface area contributed by atoms with Crippen LogP contribution in [0.3, 0.4) is 0 Å². The third-order valence-electron chi connectivity index (χ3n) is 2.86. The van der Waals surface area contributed by atoms with Gasteiger partial charge < -0.3 is 15.2 Å².